The molecule has 3 N–H and O–H groups in total. The van der Waals surface area contributed by atoms with Crippen molar-refractivity contribution < 1.29 is 13.2 Å². The normalized spacial score (nSPS) is 11.5. The lowest BCUT2D eigenvalue weighted by Gasteiger charge is -2.14. The van der Waals surface area contributed by atoms with E-state index in [1.807, 2.05) is 19.1 Å². The molecule has 0 unspecified atom stereocenters. The molecular formula is C14H25IN4O3S. The third kappa shape index (κ3) is 9.61. The molecule has 0 aliphatic heterocycles. The maximum Gasteiger partial charge on any atom is 0.229 e. The monoisotopic (exact) mass is 456 g/mol. The fraction of sp³-hybridized carbons (Fsp3) is 0.500. The number of aliphatic imine (C=N–C) groups is 1. The van der Waals surface area contributed by atoms with Gasteiger partial charge in [-0.2, -0.15) is 0 Å². The van der Waals surface area contributed by atoms with E-state index in [1.54, 1.807) is 19.2 Å². The van der Waals surface area contributed by atoms with Gasteiger partial charge in [0, 0.05) is 26.7 Å². The summed E-state index contributed by atoms with van der Waals surface area (Å²) < 4.78 is 30.5. The van der Waals surface area contributed by atoms with Crippen LogP contribution in [0, 0.1) is 0 Å². The van der Waals surface area contributed by atoms with Crippen molar-refractivity contribution in [3.63, 3.8) is 0 Å². The van der Waals surface area contributed by atoms with E-state index in [2.05, 4.69) is 20.3 Å². The Labute approximate surface area is 155 Å². The molecule has 0 amide bonds. The van der Waals surface area contributed by atoms with Gasteiger partial charge in [0.05, 0.1) is 18.6 Å². The highest BCUT2D eigenvalue weighted by molar-refractivity contribution is 14.0. The summed E-state index contributed by atoms with van der Waals surface area (Å²) in [6, 6.07) is 7.22. The summed E-state index contributed by atoms with van der Waals surface area (Å²) in [4.78, 5) is 4.11. The predicted molar refractivity (Wildman–Crippen MR) is 105 cm³/mol. The summed E-state index contributed by atoms with van der Waals surface area (Å²) in [6.45, 7) is 4.32. The van der Waals surface area contributed by atoms with Crippen LogP contribution in [0.25, 0.3) is 0 Å². The minimum atomic E-state index is -3.30. The van der Waals surface area contributed by atoms with Crippen molar-refractivity contribution in [1.29, 1.82) is 0 Å². The van der Waals surface area contributed by atoms with Crippen LogP contribution in [0.15, 0.2) is 29.3 Å². The maximum atomic E-state index is 11.4. The Morgan fingerprint density at radius 1 is 1.26 bits per heavy atom. The smallest absolute Gasteiger partial charge is 0.229 e. The van der Waals surface area contributed by atoms with Gasteiger partial charge in [-0.1, -0.05) is 18.2 Å². The fourth-order valence-corrected chi connectivity index (χ4v) is 2.36. The Bertz CT molecular complexity index is 593. The van der Waals surface area contributed by atoms with Gasteiger partial charge in [0.1, 0.15) is 0 Å². The van der Waals surface area contributed by atoms with E-state index in [9.17, 15) is 8.42 Å². The number of nitrogens with zero attached hydrogens (tertiary/aromatic N) is 1. The standard InChI is InChI=1S/C14H24N4O3S.HI/c1-4-21-10-9-16-14(15-2)17-11-12-7-5-6-8-13(12)18-22(3,19)20;/h5-8,18H,4,9-11H2,1-3H3,(H2,15,16,17);1H. The highest BCUT2D eigenvalue weighted by Crippen LogP contribution is 2.15. The van der Waals surface area contributed by atoms with Crippen LogP contribution in [-0.2, 0) is 21.3 Å². The molecule has 0 radical (unpaired) electrons. The number of halogens is 1. The summed E-state index contributed by atoms with van der Waals surface area (Å²) in [5.74, 6) is 0.633. The van der Waals surface area contributed by atoms with Gasteiger partial charge in [-0.15, -0.1) is 24.0 Å². The van der Waals surface area contributed by atoms with Gasteiger partial charge in [-0.05, 0) is 18.6 Å². The van der Waals surface area contributed by atoms with Gasteiger partial charge in [0.2, 0.25) is 10.0 Å². The van der Waals surface area contributed by atoms with Crippen molar-refractivity contribution in [2.45, 2.75) is 13.5 Å². The van der Waals surface area contributed by atoms with Crippen LogP contribution < -0.4 is 15.4 Å². The average molecular weight is 456 g/mol. The minimum absolute atomic E-state index is 0. The maximum absolute atomic E-state index is 11.4. The molecule has 9 heteroatoms. The number of nitrogens with one attached hydrogen (secondary N) is 3. The number of sulfonamides is 1. The summed E-state index contributed by atoms with van der Waals surface area (Å²) in [5, 5.41) is 6.25. The molecule has 1 rings (SSSR count). The molecular weight excluding hydrogens is 431 g/mol. The first-order valence-corrected chi connectivity index (χ1v) is 8.93. The first-order valence-electron chi connectivity index (χ1n) is 7.04. The number of hydrogen-bond donors (Lipinski definition) is 3. The molecule has 0 heterocycles. The van der Waals surface area contributed by atoms with Crippen molar-refractivity contribution in [3.05, 3.63) is 29.8 Å². The minimum Gasteiger partial charge on any atom is -0.380 e. The molecule has 0 aromatic heterocycles. The van der Waals surface area contributed by atoms with Gasteiger partial charge < -0.3 is 15.4 Å². The summed E-state index contributed by atoms with van der Waals surface area (Å²) in [7, 11) is -1.63. The molecule has 0 aliphatic carbocycles. The summed E-state index contributed by atoms with van der Waals surface area (Å²) in [6.07, 6.45) is 1.13. The zero-order valence-corrected chi connectivity index (χ0v) is 16.8. The molecule has 0 spiro atoms. The molecule has 0 bridgehead atoms. The van der Waals surface area contributed by atoms with Crippen LogP contribution in [0.2, 0.25) is 0 Å². The van der Waals surface area contributed by atoms with Crippen molar-refractivity contribution >= 4 is 45.6 Å². The highest BCUT2D eigenvalue weighted by Gasteiger charge is 2.07. The first-order chi connectivity index (χ1) is 10.5. The van der Waals surface area contributed by atoms with Crippen molar-refractivity contribution in [2.24, 2.45) is 4.99 Å². The topological polar surface area (TPSA) is 91.8 Å². The van der Waals surface area contributed by atoms with Gasteiger partial charge in [0.15, 0.2) is 5.96 Å². The van der Waals surface area contributed by atoms with E-state index >= 15 is 0 Å². The zero-order valence-electron chi connectivity index (χ0n) is 13.6. The molecule has 132 valence electrons. The van der Waals surface area contributed by atoms with Crippen LogP contribution in [0.5, 0.6) is 0 Å². The number of anilines is 1. The summed E-state index contributed by atoms with van der Waals surface area (Å²) in [5.41, 5.74) is 1.39. The third-order valence-corrected chi connectivity index (χ3v) is 3.32. The lowest BCUT2D eigenvalue weighted by molar-refractivity contribution is 0.152. The van der Waals surface area contributed by atoms with E-state index in [4.69, 9.17) is 4.74 Å². The van der Waals surface area contributed by atoms with E-state index in [1.165, 1.54) is 0 Å². The fourth-order valence-electron chi connectivity index (χ4n) is 1.76. The Kier molecular flexibility index (Phi) is 10.9. The lowest BCUT2D eigenvalue weighted by atomic mass is 10.2. The van der Waals surface area contributed by atoms with Gasteiger partial charge >= 0.3 is 0 Å². The van der Waals surface area contributed by atoms with Gasteiger partial charge in [0.25, 0.3) is 0 Å². The van der Waals surface area contributed by atoms with E-state index < -0.39 is 10.0 Å². The molecule has 1 aromatic rings. The average Bonchev–Trinajstić information content (AvgIpc) is 2.46. The van der Waals surface area contributed by atoms with Gasteiger partial charge in [-0.3, -0.25) is 9.71 Å². The molecule has 1 aromatic carbocycles. The van der Waals surface area contributed by atoms with Crippen LogP contribution in [0.4, 0.5) is 5.69 Å². The van der Waals surface area contributed by atoms with Crippen LogP contribution in [0.1, 0.15) is 12.5 Å². The second-order valence-electron chi connectivity index (χ2n) is 4.58. The second kappa shape index (κ2) is 11.5. The SMILES string of the molecule is CCOCCNC(=NC)NCc1ccccc1NS(C)(=O)=O.I. The Balaban J connectivity index is 0.00000484. The number of para-hydroxylation sites is 1. The van der Waals surface area contributed by atoms with Crippen molar-refractivity contribution in [1.82, 2.24) is 10.6 Å². The first kappa shape index (κ1) is 21.9. The lowest BCUT2D eigenvalue weighted by Crippen LogP contribution is -2.38. The Morgan fingerprint density at radius 3 is 2.57 bits per heavy atom. The third-order valence-electron chi connectivity index (χ3n) is 2.73. The molecule has 0 saturated carbocycles. The van der Waals surface area contributed by atoms with E-state index in [-0.39, 0.29) is 24.0 Å². The molecule has 0 fully saturated rings. The number of rotatable bonds is 8. The Morgan fingerprint density at radius 2 is 1.96 bits per heavy atom. The molecule has 0 saturated heterocycles. The zero-order chi connectivity index (χ0) is 16.4. The Hall–Kier alpha value is -1.07. The van der Waals surface area contributed by atoms with Crippen LogP contribution in [0.3, 0.4) is 0 Å². The van der Waals surface area contributed by atoms with Crippen molar-refractivity contribution in [2.75, 3.05) is 37.8 Å². The summed E-state index contributed by atoms with van der Waals surface area (Å²) >= 11 is 0. The molecule has 0 atom stereocenters. The molecule has 7 nitrogen and oxygen atoms in total. The molecule has 0 aliphatic rings. The largest absolute Gasteiger partial charge is 0.380 e. The number of ether oxygens (including phenoxy) is 1. The van der Waals surface area contributed by atoms with Crippen LogP contribution in [-0.4, -0.2) is 47.4 Å². The predicted octanol–water partition coefficient (Wildman–Crippen LogP) is 1.38. The van der Waals surface area contributed by atoms with E-state index in [0.29, 0.717) is 38.0 Å². The number of benzene rings is 1. The van der Waals surface area contributed by atoms with E-state index in [0.717, 1.165) is 11.8 Å². The van der Waals surface area contributed by atoms with Crippen molar-refractivity contribution in [3.8, 4) is 0 Å². The quantitative estimate of drug-likeness (QED) is 0.238. The van der Waals surface area contributed by atoms with Crippen LogP contribution >= 0.6 is 24.0 Å². The second-order valence-corrected chi connectivity index (χ2v) is 6.33. The molecule has 23 heavy (non-hydrogen) atoms. The van der Waals surface area contributed by atoms with Gasteiger partial charge in [-0.25, -0.2) is 8.42 Å². The number of guanidine groups is 1. The highest BCUT2D eigenvalue weighted by atomic mass is 127. The number of hydrogen-bond acceptors (Lipinski definition) is 4.